The molecule has 14 heterocycles. The van der Waals surface area contributed by atoms with Crippen molar-refractivity contribution in [1.29, 1.82) is 0 Å². The van der Waals surface area contributed by atoms with Crippen molar-refractivity contribution in [3.8, 4) is 190 Å². The lowest BCUT2D eigenvalue weighted by molar-refractivity contribution is 0.653. The summed E-state index contributed by atoms with van der Waals surface area (Å²) in [6, 6.07) is 123. The van der Waals surface area contributed by atoms with Crippen molar-refractivity contribution in [3.05, 3.63) is 436 Å². The Morgan fingerprint density at radius 2 is 0.386 bits per heavy atom. The number of hydrogen-bond donors (Lipinski definition) is 0. The van der Waals surface area contributed by atoms with E-state index in [1.165, 1.54) is 0 Å². The molecule has 0 N–H and O–H groups in total. The Morgan fingerprint density at radius 3 is 0.600 bits per heavy atom. The van der Waals surface area contributed by atoms with Gasteiger partial charge in [0.1, 0.15) is 22.3 Å². The summed E-state index contributed by atoms with van der Waals surface area (Å²) in [7, 11) is 0. The summed E-state index contributed by atoms with van der Waals surface area (Å²) in [5.74, 6) is 0. The van der Waals surface area contributed by atoms with E-state index in [2.05, 4.69) is 166 Å². The number of pyridine rings is 10. The van der Waals surface area contributed by atoms with E-state index >= 15 is 0 Å². The fraction of sp³-hybridized carbons (Fsp3) is 0.0317. The van der Waals surface area contributed by atoms with Crippen LogP contribution in [0.3, 0.4) is 0 Å². The van der Waals surface area contributed by atoms with Crippen LogP contribution in [0.2, 0.25) is 0 Å². The van der Waals surface area contributed by atoms with Crippen molar-refractivity contribution in [2.45, 2.75) is 27.4 Å². The lowest BCUT2D eigenvalue weighted by Crippen LogP contribution is -1.94. The molecule has 26 rings (SSSR count). The molecule has 0 fully saturated rings. The Hall–Kier alpha value is -18.7. The molecular formula is C126H80N10O4. The van der Waals surface area contributed by atoms with Gasteiger partial charge in [-0.1, -0.05) is 206 Å². The van der Waals surface area contributed by atoms with Crippen LogP contribution in [0.1, 0.15) is 39.2 Å². The van der Waals surface area contributed by atoms with Gasteiger partial charge in [-0.05, 0) is 320 Å². The SMILES string of the molecule is [2H]C([2H])([2H])c1ccc2c(n1)oc1c(-c3ccccn3)ccc(-c3ccccc3-c3cc(-c4ccccc4-c4ccc(-c5ccc(-c6ccccc6-c6cc(-c7ccccc7-c7ccc(-c8ccccn8)c8oc9nc(C([2H])([2H])[2H])ccc9c78)cc(-c7ccccc7-c7ccc(-c8ccccn8)c8oc9nc(C([2H])([2H])[2H])ccc9c78)c6)cn5)nc4)cc(-c4ccccc4-c4ccc(-c5ccccn5)c5oc6nc(C([2H])([2H])[2H])ccc6c45)c3)c12. The second-order valence-corrected chi connectivity index (χ2v) is 34.7. The van der Waals surface area contributed by atoms with Crippen LogP contribution >= 0.6 is 0 Å². The van der Waals surface area contributed by atoms with Crippen molar-refractivity contribution < 1.29 is 34.1 Å². The average molecular weight is 1810 g/mol. The number of rotatable bonds is 17. The zero-order valence-corrected chi connectivity index (χ0v) is 74.4. The number of hydrogen-bond acceptors (Lipinski definition) is 14. The van der Waals surface area contributed by atoms with Crippen molar-refractivity contribution in [1.82, 2.24) is 49.8 Å². The van der Waals surface area contributed by atoms with E-state index in [1.807, 2.05) is 194 Å². The third kappa shape index (κ3) is 14.2. The highest BCUT2D eigenvalue weighted by Crippen LogP contribution is 2.53. The molecule has 0 amide bonds. The summed E-state index contributed by atoms with van der Waals surface area (Å²) >= 11 is 0. The smallest absolute Gasteiger partial charge is 0.227 e. The minimum Gasteiger partial charge on any atom is -0.437 e. The van der Waals surface area contributed by atoms with E-state index in [9.17, 15) is 0 Å². The van der Waals surface area contributed by atoms with Crippen LogP contribution in [0.5, 0.6) is 0 Å². The summed E-state index contributed by atoms with van der Waals surface area (Å²) in [4.78, 5) is 48.2. The molecule has 14 aromatic heterocycles. The van der Waals surface area contributed by atoms with Gasteiger partial charge in [0.2, 0.25) is 22.9 Å². The minimum atomic E-state index is -2.51. The molecule has 0 aliphatic carbocycles. The predicted molar refractivity (Wildman–Crippen MR) is 565 cm³/mol. The molecule has 0 saturated heterocycles. The molecule has 14 heteroatoms. The monoisotopic (exact) mass is 1810 g/mol. The topological polar surface area (TPSA) is 181 Å². The molecule has 0 atom stereocenters. The summed E-state index contributed by atoms with van der Waals surface area (Å²) in [5.41, 5.74) is 29.6. The Labute approximate surface area is 821 Å². The fourth-order valence-electron chi connectivity index (χ4n) is 20.3. The van der Waals surface area contributed by atoms with Gasteiger partial charge in [0.25, 0.3) is 0 Å². The van der Waals surface area contributed by atoms with Gasteiger partial charge in [-0.25, -0.2) is 19.9 Å². The maximum absolute atomic E-state index is 8.39. The normalized spacial score (nSPS) is 13.3. The zero-order valence-electron chi connectivity index (χ0n) is 86.4. The van der Waals surface area contributed by atoms with Crippen LogP contribution in [0, 0.1) is 27.4 Å². The van der Waals surface area contributed by atoms with E-state index in [0.717, 1.165) is 155 Å². The second kappa shape index (κ2) is 33.8. The standard InChI is InChI=1S/C126H80N10O4/c1-73-41-47-105-115-97(51-55-101(109-37-17-21-61-127-109)119(115)137-123(105)133-73)93-33-13-9-29-89(93)81-65-79(66-82(69-81)90-30-10-14-34-94(90)98-52-56-102(110-38-18-22-62-128-110)120-116(98)106-48-42-74(2)134-124(106)138-120)87-27-7-5-25-85(87)77-45-59-113(131-71-77)114-60-46-78(72-132-114)86-26-6-8-28-88(86)80-67-83(91-31-11-15-35-95(91)99-53-57-103(111-39-19-23-63-129-111)121-117(99)107-49-43-75(3)135-125(107)139-121)70-84(68-80)92-32-12-16-36-96(92)100-54-58-104(112-40-20-24-64-130-112)122-118(100)108-50-44-76(4)136-126(108)140-122/h5-72H,1-4H3/i1D3,2D3,3D3,4D3. The molecule has 0 bridgehead atoms. The van der Waals surface area contributed by atoms with Crippen LogP contribution in [0.25, 0.3) is 278 Å². The largest absolute Gasteiger partial charge is 0.437 e. The number of furan rings is 4. The van der Waals surface area contributed by atoms with Gasteiger partial charge in [0, 0.05) is 153 Å². The fourth-order valence-corrected chi connectivity index (χ4v) is 20.3. The van der Waals surface area contributed by atoms with Crippen LogP contribution in [0.4, 0.5) is 0 Å². The quantitative estimate of drug-likeness (QED) is 0.0839. The Balaban J connectivity index is 0.603. The lowest BCUT2D eigenvalue weighted by Gasteiger charge is -2.19. The Morgan fingerprint density at radius 1 is 0.171 bits per heavy atom. The van der Waals surface area contributed by atoms with Gasteiger partial charge >= 0.3 is 0 Å². The molecule has 0 unspecified atom stereocenters. The molecule has 658 valence electrons. The van der Waals surface area contributed by atoms with Gasteiger partial charge in [0.05, 0.1) is 34.2 Å². The molecule has 0 radical (unpaired) electrons. The van der Waals surface area contributed by atoms with Gasteiger partial charge in [-0.3, -0.25) is 29.9 Å². The van der Waals surface area contributed by atoms with E-state index in [4.69, 9.17) is 64.0 Å². The highest BCUT2D eigenvalue weighted by Gasteiger charge is 2.29. The summed E-state index contributed by atoms with van der Waals surface area (Å²) in [6.07, 6.45) is 10.7. The van der Waals surface area contributed by atoms with Crippen LogP contribution in [0.15, 0.2) is 431 Å². The van der Waals surface area contributed by atoms with Crippen LogP contribution in [-0.4, -0.2) is 49.8 Å². The van der Waals surface area contributed by atoms with Crippen LogP contribution in [-0.2, 0) is 0 Å². The maximum Gasteiger partial charge on any atom is 0.227 e. The average Bonchev–Trinajstić information content (AvgIpc) is 1.58. The molecule has 12 aromatic carbocycles. The third-order valence-electron chi connectivity index (χ3n) is 26.6. The number of fused-ring (bicyclic) bond motifs is 12. The van der Waals surface area contributed by atoms with Crippen molar-refractivity contribution in [3.63, 3.8) is 0 Å². The second-order valence-electron chi connectivity index (χ2n) is 34.7. The molecule has 14 nitrogen and oxygen atoms in total. The first-order valence-corrected chi connectivity index (χ1v) is 45.8. The highest BCUT2D eigenvalue weighted by molar-refractivity contribution is 6.21. The molecule has 0 spiro atoms. The molecule has 0 aliphatic rings. The first kappa shape index (κ1) is 70.1. The summed E-state index contributed by atoms with van der Waals surface area (Å²) in [5, 5.41) is 5.42. The zero-order chi connectivity index (χ0) is 103. The van der Waals surface area contributed by atoms with Crippen molar-refractivity contribution in [2.24, 2.45) is 0 Å². The van der Waals surface area contributed by atoms with Crippen molar-refractivity contribution >= 4 is 88.3 Å². The summed E-state index contributed by atoms with van der Waals surface area (Å²) in [6.45, 7) is -10.0. The number of aryl methyl sites for hydroxylation is 4. The number of aromatic nitrogens is 10. The van der Waals surface area contributed by atoms with Crippen molar-refractivity contribution in [2.75, 3.05) is 0 Å². The highest BCUT2D eigenvalue weighted by atomic mass is 16.4. The molecule has 26 aromatic rings. The Bertz CT molecular complexity index is 8970. The van der Waals surface area contributed by atoms with E-state index in [-0.39, 0.29) is 45.6 Å². The van der Waals surface area contributed by atoms with E-state index < -0.39 is 27.4 Å². The van der Waals surface area contributed by atoms with E-state index in [1.54, 1.807) is 73.3 Å². The lowest BCUT2D eigenvalue weighted by atomic mass is 9.85. The molecular weight excluding hydrogens is 1720 g/mol. The summed E-state index contributed by atoms with van der Waals surface area (Å²) < 4.78 is 128. The molecule has 140 heavy (non-hydrogen) atoms. The van der Waals surface area contributed by atoms with Gasteiger partial charge in [-0.2, -0.15) is 0 Å². The predicted octanol–water partition coefficient (Wildman–Crippen LogP) is 32.8. The minimum absolute atomic E-state index is 0.0941. The van der Waals surface area contributed by atoms with Gasteiger partial charge in [0.15, 0.2) is 0 Å². The van der Waals surface area contributed by atoms with Crippen LogP contribution < -0.4 is 0 Å². The molecule has 0 saturated carbocycles. The number of nitrogens with zero attached hydrogens (tertiary/aromatic N) is 10. The van der Waals surface area contributed by atoms with E-state index in [0.29, 0.717) is 100 Å². The maximum atomic E-state index is 8.39. The first-order valence-electron chi connectivity index (χ1n) is 51.8. The van der Waals surface area contributed by atoms with Gasteiger partial charge < -0.3 is 17.7 Å². The van der Waals surface area contributed by atoms with Gasteiger partial charge in [-0.15, -0.1) is 0 Å². The molecule has 0 aliphatic heterocycles. The first-order chi connectivity index (χ1) is 73.9. The third-order valence-corrected chi connectivity index (χ3v) is 26.6. The Kier molecular flexibility index (Phi) is 16.9. The number of benzene rings is 12.